The summed E-state index contributed by atoms with van der Waals surface area (Å²) in [6, 6.07) is 3.42. The summed E-state index contributed by atoms with van der Waals surface area (Å²) >= 11 is 0. The zero-order valence-corrected chi connectivity index (χ0v) is 32.1. The lowest BCUT2D eigenvalue weighted by Gasteiger charge is -2.28. The maximum Gasteiger partial charge on any atom is 0.417 e. The van der Waals surface area contributed by atoms with Crippen molar-refractivity contribution in [3.63, 3.8) is 0 Å². The first kappa shape index (κ1) is 42.4. The molecule has 4 rings (SSSR count). The summed E-state index contributed by atoms with van der Waals surface area (Å²) in [5.41, 5.74) is -1.19. The third-order valence-corrected chi connectivity index (χ3v) is 14.9. The molecule has 17 heteroatoms. The second-order valence-electron chi connectivity index (χ2n) is 15.4. The van der Waals surface area contributed by atoms with Gasteiger partial charge in [0.2, 0.25) is 11.8 Å². The number of nitrogens with one attached hydrogen (secondary N) is 3. The van der Waals surface area contributed by atoms with Gasteiger partial charge in [0.25, 0.3) is 0 Å². The molecule has 1 aliphatic carbocycles. The van der Waals surface area contributed by atoms with Gasteiger partial charge in [-0.3, -0.25) is 9.59 Å². The minimum atomic E-state index is -4.53. The maximum absolute atomic E-state index is 12.8. The third-order valence-electron chi connectivity index (χ3n) is 9.57. The number of hydrogen-bond donors (Lipinski definition) is 3. The van der Waals surface area contributed by atoms with E-state index in [4.69, 9.17) is 4.52 Å². The fraction of sp³-hybridized carbons (Fsp3) is 0.706. The van der Waals surface area contributed by atoms with Gasteiger partial charge in [-0.25, -0.2) is 21.8 Å². The number of aromatic nitrogens is 2. The molecule has 2 fully saturated rings. The van der Waals surface area contributed by atoms with Crippen LogP contribution in [0.25, 0.3) is 0 Å². The highest BCUT2D eigenvalue weighted by molar-refractivity contribution is 7.93. The number of pyridine rings is 1. The third kappa shape index (κ3) is 11.2. The van der Waals surface area contributed by atoms with E-state index in [0.717, 1.165) is 70.2 Å². The molecule has 3 heterocycles. The number of amides is 2. The maximum atomic E-state index is 12.8. The van der Waals surface area contributed by atoms with Gasteiger partial charge in [-0.05, 0) is 90.4 Å². The summed E-state index contributed by atoms with van der Waals surface area (Å²) in [6.07, 6.45) is 2.43. The molecule has 3 N–H and O–H groups in total. The van der Waals surface area contributed by atoms with Gasteiger partial charge in [0.15, 0.2) is 25.5 Å². The summed E-state index contributed by atoms with van der Waals surface area (Å²) in [6.45, 7) is 13.1. The molecule has 2 aliphatic rings. The largest absolute Gasteiger partial charge is 0.417 e. The van der Waals surface area contributed by atoms with Crippen LogP contribution >= 0.6 is 0 Å². The number of anilines is 2. The number of hydrogen-bond acceptors (Lipinski definition) is 10. The Morgan fingerprint density at radius 1 is 0.784 bits per heavy atom. The Bertz CT molecular complexity index is 1700. The van der Waals surface area contributed by atoms with Crippen LogP contribution in [0.15, 0.2) is 28.9 Å². The fourth-order valence-electron chi connectivity index (χ4n) is 5.58. The predicted octanol–water partition coefficient (Wildman–Crippen LogP) is 5.92. The molecule has 288 valence electrons. The van der Waals surface area contributed by atoms with E-state index in [2.05, 4.69) is 26.1 Å². The van der Waals surface area contributed by atoms with Crippen molar-refractivity contribution in [2.24, 2.45) is 11.8 Å². The fourth-order valence-corrected chi connectivity index (χ4v) is 8.99. The number of carbonyl (C=O) groups is 2. The molecule has 1 saturated carbocycles. The lowest BCUT2D eigenvalue weighted by atomic mass is 9.91. The molecule has 12 nitrogen and oxygen atoms in total. The summed E-state index contributed by atoms with van der Waals surface area (Å²) in [5.74, 6) is -0.546. The van der Waals surface area contributed by atoms with E-state index in [1.54, 1.807) is 6.07 Å². The van der Waals surface area contributed by atoms with Crippen molar-refractivity contribution < 1.29 is 44.1 Å². The van der Waals surface area contributed by atoms with E-state index in [0.29, 0.717) is 12.0 Å². The Morgan fingerprint density at radius 3 is 1.71 bits per heavy atom. The van der Waals surface area contributed by atoms with E-state index in [-0.39, 0.29) is 40.4 Å². The van der Waals surface area contributed by atoms with E-state index >= 15 is 0 Å². The van der Waals surface area contributed by atoms with Crippen LogP contribution in [0.2, 0.25) is 0 Å². The van der Waals surface area contributed by atoms with Gasteiger partial charge in [0.1, 0.15) is 21.1 Å². The topological polar surface area (TPSA) is 177 Å². The first-order valence-electron chi connectivity index (χ1n) is 17.2. The van der Waals surface area contributed by atoms with Crippen molar-refractivity contribution >= 4 is 43.1 Å². The summed E-state index contributed by atoms with van der Waals surface area (Å²) < 4.78 is 90.6. The first-order chi connectivity index (χ1) is 23.4. The van der Waals surface area contributed by atoms with Gasteiger partial charge < -0.3 is 20.5 Å². The number of piperidine rings is 1. The van der Waals surface area contributed by atoms with E-state index in [1.165, 1.54) is 27.7 Å². The second kappa shape index (κ2) is 16.3. The smallest absolute Gasteiger partial charge is 0.359 e. The molecule has 0 spiro atoms. The van der Waals surface area contributed by atoms with E-state index < -0.39 is 52.7 Å². The highest BCUT2D eigenvalue weighted by Gasteiger charge is 2.44. The Balaban J connectivity index is 0.000000276. The van der Waals surface area contributed by atoms with Gasteiger partial charge in [-0.1, -0.05) is 45.2 Å². The summed E-state index contributed by atoms with van der Waals surface area (Å²) in [4.78, 5) is 28.6. The first-order valence-corrected chi connectivity index (χ1v) is 20.5. The van der Waals surface area contributed by atoms with Crippen molar-refractivity contribution in [3.05, 3.63) is 35.7 Å². The van der Waals surface area contributed by atoms with Crippen molar-refractivity contribution in [3.8, 4) is 0 Å². The Labute approximate surface area is 299 Å². The number of carbonyl (C=O) groups excluding carboxylic acids is 2. The van der Waals surface area contributed by atoms with Crippen molar-refractivity contribution in [1.82, 2.24) is 15.5 Å². The average molecular weight is 764 g/mol. The van der Waals surface area contributed by atoms with Gasteiger partial charge in [0, 0.05) is 17.7 Å². The normalized spacial score (nSPS) is 17.3. The number of alkyl halides is 3. The average Bonchev–Trinajstić information content (AvgIpc) is 3.51. The molecular formula is C34H52F3N5O7S2. The SMILES string of the molecule is CC(C)(C(=O)Nc1ccc(C(F)(F)F)cn1)S(=O)(=O)CC1CCCCC1.CC(C)(C)c1cc(NC(=O)C(C)(C)S(=O)(=O)CC2CCNCC2)no1. The van der Waals surface area contributed by atoms with Crippen LogP contribution in [0.1, 0.15) is 105 Å². The Kier molecular flexibility index (Phi) is 13.6. The van der Waals surface area contributed by atoms with Crippen LogP contribution < -0.4 is 16.0 Å². The Hall–Kier alpha value is -3.05. The quantitative estimate of drug-likeness (QED) is 0.263. The Morgan fingerprint density at radius 2 is 1.27 bits per heavy atom. The minimum Gasteiger partial charge on any atom is -0.359 e. The van der Waals surface area contributed by atoms with Gasteiger partial charge in [0.05, 0.1) is 17.1 Å². The number of sulfone groups is 2. The number of halogens is 3. The van der Waals surface area contributed by atoms with Crippen LogP contribution in [-0.4, -0.2) is 72.9 Å². The van der Waals surface area contributed by atoms with Crippen molar-refractivity contribution in [2.75, 3.05) is 35.2 Å². The van der Waals surface area contributed by atoms with Gasteiger partial charge >= 0.3 is 6.18 Å². The molecule has 1 saturated heterocycles. The van der Waals surface area contributed by atoms with Crippen molar-refractivity contribution in [1.29, 1.82) is 0 Å². The van der Waals surface area contributed by atoms with Crippen LogP contribution in [0, 0.1) is 11.8 Å². The van der Waals surface area contributed by atoms with E-state index in [9.17, 15) is 39.6 Å². The van der Waals surface area contributed by atoms with Crippen LogP contribution in [0.3, 0.4) is 0 Å². The molecule has 0 bridgehead atoms. The standard InChI is InChI=1S/C17H23F3N2O3S.C17H29N3O4S/c1-16(2,26(24,25)11-12-6-4-3-5-7-12)15(23)22-14-9-8-13(10-21-14)17(18,19)20;1-16(2,3)13-10-14(20-24-13)19-15(21)17(4,5)25(22,23)11-12-6-8-18-9-7-12/h8-10,12H,3-7,11H2,1-2H3,(H,21,22,23);10,12,18H,6-9,11H2,1-5H3,(H,19,20,21). The molecule has 0 aromatic carbocycles. The molecule has 2 aromatic rings. The predicted molar refractivity (Wildman–Crippen MR) is 190 cm³/mol. The van der Waals surface area contributed by atoms with Gasteiger partial charge in [-0.2, -0.15) is 13.2 Å². The monoisotopic (exact) mass is 763 g/mol. The lowest BCUT2D eigenvalue weighted by molar-refractivity contribution is -0.137. The minimum absolute atomic E-state index is 0.0289. The van der Waals surface area contributed by atoms with E-state index in [1.807, 2.05) is 20.8 Å². The highest BCUT2D eigenvalue weighted by Crippen LogP contribution is 2.32. The number of nitrogens with zero attached hydrogens (tertiary/aromatic N) is 2. The van der Waals surface area contributed by atoms with Gasteiger partial charge in [-0.15, -0.1) is 0 Å². The second-order valence-corrected chi connectivity index (χ2v) is 20.6. The van der Waals surface area contributed by atoms with Crippen molar-refractivity contribution in [2.45, 2.75) is 114 Å². The van der Waals surface area contributed by atoms with Crippen LogP contribution in [0.5, 0.6) is 0 Å². The molecule has 1 aliphatic heterocycles. The van der Waals surface area contributed by atoms with Crippen LogP contribution in [-0.2, 0) is 40.9 Å². The zero-order valence-electron chi connectivity index (χ0n) is 30.4. The number of rotatable bonds is 10. The molecule has 0 unspecified atom stereocenters. The zero-order chi connectivity index (χ0) is 38.5. The van der Waals surface area contributed by atoms with Crippen LogP contribution in [0.4, 0.5) is 24.8 Å². The summed E-state index contributed by atoms with van der Waals surface area (Å²) in [5, 5.41) is 11.9. The molecule has 0 radical (unpaired) electrons. The molecular weight excluding hydrogens is 712 g/mol. The lowest BCUT2D eigenvalue weighted by Crippen LogP contribution is -2.47. The molecule has 0 atom stereocenters. The molecule has 2 aromatic heterocycles. The highest BCUT2D eigenvalue weighted by atomic mass is 32.2. The summed E-state index contributed by atoms with van der Waals surface area (Å²) in [7, 11) is -7.33. The molecule has 2 amide bonds. The molecule has 51 heavy (non-hydrogen) atoms.